The molecule has 2 nitrogen and oxygen atoms in total. The minimum Gasteiger partial charge on any atom is -0.211 e. The van der Waals surface area contributed by atoms with Gasteiger partial charge < -0.3 is 0 Å². The highest BCUT2D eigenvalue weighted by molar-refractivity contribution is 5.32. The van der Waals surface area contributed by atoms with E-state index in [0.717, 1.165) is 12.8 Å². The van der Waals surface area contributed by atoms with Gasteiger partial charge in [0.1, 0.15) is 0 Å². The second-order valence-electron chi connectivity index (χ2n) is 4.72. The van der Waals surface area contributed by atoms with Crippen LogP contribution in [0, 0.1) is 6.92 Å². The SMILES string of the molecule is [CH2]CCCCCCCCCCCCCN=C=O. The Morgan fingerprint density at radius 2 is 1.12 bits per heavy atom. The lowest BCUT2D eigenvalue weighted by atomic mass is 10.1. The maximum Gasteiger partial charge on any atom is 0.234 e. The first-order chi connectivity index (χ1) is 8.41. The van der Waals surface area contributed by atoms with E-state index in [1.54, 1.807) is 6.08 Å². The average molecular weight is 238 g/mol. The Bertz CT molecular complexity index is 185. The van der Waals surface area contributed by atoms with Crippen molar-refractivity contribution in [1.82, 2.24) is 0 Å². The third-order valence-corrected chi connectivity index (χ3v) is 3.08. The van der Waals surface area contributed by atoms with Crippen molar-refractivity contribution >= 4 is 6.08 Å². The molecule has 0 saturated heterocycles. The molecule has 0 bridgehead atoms. The van der Waals surface area contributed by atoms with Crippen molar-refractivity contribution in [3.05, 3.63) is 6.92 Å². The predicted octanol–water partition coefficient (Wildman–Crippen LogP) is 4.84. The Hall–Kier alpha value is -0.620. The van der Waals surface area contributed by atoms with Gasteiger partial charge in [-0.15, -0.1) is 0 Å². The van der Waals surface area contributed by atoms with E-state index in [1.807, 2.05) is 0 Å². The molecule has 0 aliphatic carbocycles. The molecule has 0 aliphatic rings. The van der Waals surface area contributed by atoms with Gasteiger partial charge in [-0.3, -0.25) is 0 Å². The lowest BCUT2D eigenvalue weighted by Gasteiger charge is -2.01. The summed E-state index contributed by atoms with van der Waals surface area (Å²) in [4.78, 5) is 13.4. The second kappa shape index (κ2) is 15.4. The Balaban J connectivity index is 2.91. The molecule has 0 N–H and O–H groups in total. The summed E-state index contributed by atoms with van der Waals surface area (Å²) in [6.07, 6.45) is 17.1. The summed E-state index contributed by atoms with van der Waals surface area (Å²) in [7, 11) is 0. The van der Waals surface area contributed by atoms with Crippen LogP contribution in [-0.2, 0) is 4.79 Å². The van der Waals surface area contributed by atoms with Gasteiger partial charge in [0, 0.05) is 0 Å². The fourth-order valence-electron chi connectivity index (χ4n) is 2.00. The molecular formula is C15H28NO. The molecule has 0 aliphatic heterocycles. The van der Waals surface area contributed by atoms with Gasteiger partial charge in [-0.2, -0.15) is 0 Å². The van der Waals surface area contributed by atoms with Crippen LogP contribution in [0.5, 0.6) is 0 Å². The summed E-state index contributed by atoms with van der Waals surface area (Å²) in [5.41, 5.74) is 0. The topological polar surface area (TPSA) is 29.4 Å². The van der Waals surface area contributed by atoms with Crippen LogP contribution in [0.1, 0.15) is 77.0 Å². The number of rotatable bonds is 13. The zero-order valence-electron chi connectivity index (χ0n) is 11.3. The van der Waals surface area contributed by atoms with Crippen molar-refractivity contribution in [3.8, 4) is 0 Å². The number of carbonyl (C=O) groups excluding carboxylic acids is 1. The maximum absolute atomic E-state index is 9.81. The third kappa shape index (κ3) is 15.4. The highest BCUT2D eigenvalue weighted by Gasteiger charge is 1.92. The first kappa shape index (κ1) is 16.4. The van der Waals surface area contributed by atoms with E-state index in [2.05, 4.69) is 11.9 Å². The number of isocyanates is 1. The van der Waals surface area contributed by atoms with Crippen molar-refractivity contribution in [1.29, 1.82) is 0 Å². The number of hydrogen-bond donors (Lipinski definition) is 0. The standard InChI is InChI=1S/C15H28NO/c1-2-3-4-5-6-7-8-9-10-11-12-13-14-16-15-17/h1-14H2. The molecule has 0 aromatic carbocycles. The average Bonchev–Trinajstić information content (AvgIpc) is 2.35. The molecule has 99 valence electrons. The monoisotopic (exact) mass is 238 g/mol. The lowest BCUT2D eigenvalue weighted by molar-refractivity contribution is 0.545. The fourth-order valence-corrected chi connectivity index (χ4v) is 2.00. The zero-order valence-corrected chi connectivity index (χ0v) is 11.3. The molecule has 0 atom stereocenters. The van der Waals surface area contributed by atoms with Crippen LogP contribution in [0.2, 0.25) is 0 Å². The summed E-state index contributed by atoms with van der Waals surface area (Å²) >= 11 is 0. The minimum absolute atomic E-state index is 0.662. The Labute approximate surface area is 107 Å². The molecule has 0 rings (SSSR count). The molecule has 17 heavy (non-hydrogen) atoms. The van der Waals surface area contributed by atoms with Gasteiger partial charge in [0.15, 0.2) is 0 Å². The molecule has 1 radical (unpaired) electrons. The quantitative estimate of drug-likeness (QED) is 0.256. The van der Waals surface area contributed by atoms with Gasteiger partial charge in [-0.25, -0.2) is 9.79 Å². The van der Waals surface area contributed by atoms with Crippen LogP contribution in [0.4, 0.5) is 0 Å². The lowest BCUT2D eigenvalue weighted by Crippen LogP contribution is -1.84. The molecule has 2 heteroatoms. The molecule has 0 aromatic heterocycles. The Morgan fingerprint density at radius 3 is 1.53 bits per heavy atom. The number of aliphatic imine (C=N–C) groups is 1. The van der Waals surface area contributed by atoms with Crippen molar-refractivity contribution < 1.29 is 4.79 Å². The molecule has 0 aromatic rings. The molecule has 0 fully saturated rings. The van der Waals surface area contributed by atoms with E-state index in [9.17, 15) is 4.79 Å². The molecule has 0 heterocycles. The summed E-state index contributed by atoms with van der Waals surface area (Å²) in [6.45, 7) is 4.51. The van der Waals surface area contributed by atoms with Gasteiger partial charge in [0.25, 0.3) is 0 Å². The van der Waals surface area contributed by atoms with E-state index >= 15 is 0 Å². The number of nitrogens with zero attached hydrogens (tertiary/aromatic N) is 1. The first-order valence-electron chi connectivity index (χ1n) is 7.24. The van der Waals surface area contributed by atoms with Gasteiger partial charge in [-0.1, -0.05) is 77.6 Å². The van der Waals surface area contributed by atoms with Crippen LogP contribution >= 0.6 is 0 Å². The van der Waals surface area contributed by atoms with Crippen LogP contribution in [0.15, 0.2) is 4.99 Å². The van der Waals surface area contributed by atoms with E-state index in [-0.39, 0.29) is 0 Å². The fraction of sp³-hybridized carbons (Fsp3) is 0.867. The molecule has 0 amide bonds. The van der Waals surface area contributed by atoms with E-state index in [1.165, 1.54) is 64.2 Å². The first-order valence-corrected chi connectivity index (χ1v) is 7.24. The highest BCUT2D eigenvalue weighted by Crippen LogP contribution is 2.11. The number of unbranched alkanes of at least 4 members (excludes halogenated alkanes) is 11. The summed E-state index contributed by atoms with van der Waals surface area (Å²) < 4.78 is 0. The predicted molar refractivity (Wildman–Crippen MR) is 73.7 cm³/mol. The Kier molecular flexibility index (Phi) is 14.8. The third-order valence-electron chi connectivity index (χ3n) is 3.08. The molecular weight excluding hydrogens is 210 g/mol. The van der Waals surface area contributed by atoms with Crippen molar-refractivity contribution in [2.45, 2.75) is 77.0 Å². The van der Waals surface area contributed by atoms with E-state index in [0.29, 0.717) is 6.54 Å². The second-order valence-corrected chi connectivity index (χ2v) is 4.72. The van der Waals surface area contributed by atoms with Gasteiger partial charge in [-0.05, 0) is 6.42 Å². The zero-order chi connectivity index (χ0) is 12.6. The minimum atomic E-state index is 0.662. The summed E-state index contributed by atoms with van der Waals surface area (Å²) in [6, 6.07) is 0. The van der Waals surface area contributed by atoms with Crippen molar-refractivity contribution in [2.24, 2.45) is 4.99 Å². The van der Waals surface area contributed by atoms with Gasteiger partial charge in [0.05, 0.1) is 6.54 Å². The van der Waals surface area contributed by atoms with Crippen LogP contribution in [0.3, 0.4) is 0 Å². The van der Waals surface area contributed by atoms with Crippen LogP contribution in [-0.4, -0.2) is 12.6 Å². The maximum atomic E-state index is 9.81. The molecule has 0 spiro atoms. The van der Waals surface area contributed by atoms with Gasteiger partial charge >= 0.3 is 0 Å². The van der Waals surface area contributed by atoms with E-state index in [4.69, 9.17) is 0 Å². The van der Waals surface area contributed by atoms with E-state index < -0.39 is 0 Å². The smallest absolute Gasteiger partial charge is 0.211 e. The largest absolute Gasteiger partial charge is 0.234 e. The summed E-state index contributed by atoms with van der Waals surface area (Å²) in [5, 5.41) is 0. The summed E-state index contributed by atoms with van der Waals surface area (Å²) in [5.74, 6) is 0. The normalized spacial score (nSPS) is 10.2. The van der Waals surface area contributed by atoms with Crippen molar-refractivity contribution in [3.63, 3.8) is 0 Å². The van der Waals surface area contributed by atoms with Crippen molar-refractivity contribution in [2.75, 3.05) is 6.54 Å². The van der Waals surface area contributed by atoms with Gasteiger partial charge in [0.2, 0.25) is 6.08 Å². The highest BCUT2D eigenvalue weighted by atomic mass is 16.1. The molecule has 0 saturated carbocycles. The molecule has 0 unspecified atom stereocenters. The number of hydrogen-bond acceptors (Lipinski definition) is 2. The Morgan fingerprint density at radius 1 is 0.706 bits per heavy atom. The van der Waals surface area contributed by atoms with Crippen LogP contribution in [0.25, 0.3) is 0 Å². The van der Waals surface area contributed by atoms with Crippen LogP contribution < -0.4 is 0 Å².